The summed E-state index contributed by atoms with van der Waals surface area (Å²) in [5.41, 5.74) is 1.01. The van der Waals surface area contributed by atoms with Crippen LogP contribution in [0.15, 0.2) is 54.7 Å². The van der Waals surface area contributed by atoms with E-state index in [-0.39, 0.29) is 0 Å². The molecule has 0 unspecified atom stereocenters. The monoisotopic (exact) mass is 185 g/mol. The van der Waals surface area contributed by atoms with Crippen molar-refractivity contribution in [3.63, 3.8) is 0 Å². The molecule has 0 atom stereocenters. The summed E-state index contributed by atoms with van der Waals surface area (Å²) in [5.74, 6) is 0.545. The normalized spacial score (nSPS) is 17.3. The summed E-state index contributed by atoms with van der Waals surface area (Å²) >= 11 is 0. The fraction of sp³-hybridized carbons (Fsp3) is 0. The van der Waals surface area contributed by atoms with Crippen LogP contribution >= 0.6 is 0 Å². The fourth-order valence-electron chi connectivity index (χ4n) is 1.01. The van der Waals surface area contributed by atoms with Crippen LogP contribution in [0.5, 0.6) is 5.88 Å². The second kappa shape index (κ2) is 4.37. The summed E-state index contributed by atoms with van der Waals surface area (Å²) in [6.45, 7) is 0. The number of aromatic nitrogens is 2. The van der Waals surface area contributed by atoms with Gasteiger partial charge in [-0.15, -0.1) is 0 Å². The highest BCUT2D eigenvalue weighted by Crippen LogP contribution is 2.10. The number of allylic oxidation sites excluding steroid dienone is 5. The lowest BCUT2D eigenvalue weighted by Crippen LogP contribution is -1.90. The molecule has 0 amide bonds. The highest BCUT2D eigenvalue weighted by atomic mass is 16.5. The molecule has 0 N–H and O–H groups in total. The third-order valence-electron chi connectivity index (χ3n) is 1.67. The highest BCUT2D eigenvalue weighted by molar-refractivity contribution is 5.37. The predicted octanol–water partition coefficient (Wildman–Crippen LogP) is 2.07. The SMILES string of the molecule is [CH]1C=CC=C/C1=C/Oc1ccncn1. The Labute approximate surface area is 82.5 Å². The third-order valence-corrected chi connectivity index (χ3v) is 1.67. The third kappa shape index (κ3) is 2.29. The lowest BCUT2D eigenvalue weighted by atomic mass is 10.1. The van der Waals surface area contributed by atoms with Crippen molar-refractivity contribution in [2.75, 3.05) is 0 Å². The number of hydrogen-bond acceptors (Lipinski definition) is 3. The highest BCUT2D eigenvalue weighted by Gasteiger charge is 1.95. The van der Waals surface area contributed by atoms with Gasteiger partial charge in [0, 0.05) is 18.7 Å². The van der Waals surface area contributed by atoms with Crippen molar-refractivity contribution in [2.24, 2.45) is 0 Å². The van der Waals surface area contributed by atoms with Gasteiger partial charge in [-0.1, -0.05) is 24.3 Å². The van der Waals surface area contributed by atoms with Gasteiger partial charge in [0.2, 0.25) is 5.88 Å². The van der Waals surface area contributed by atoms with Crippen LogP contribution in [0.25, 0.3) is 0 Å². The molecule has 1 radical (unpaired) electrons. The van der Waals surface area contributed by atoms with Crippen molar-refractivity contribution in [3.05, 3.63) is 61.2 Å². The molecule has 3 heteroatoms. The Morgan fingerprint density at radius 1 is 1.21 bits per heavy atom. The molecule has 0 aliphatic heterocycles. The van der Waals surface area contributed by atoms with Crippen LogP contribution in [0.4, 0.5) is 0 Å². The van der Waals surface area contributed by atoms with E-state index in [1.807, 2.05) is 30.7 Å². The van der Waals surface area contributed by atoms with Crippen LogP contribution in [0.3, 0.4) is 0 Å². The Kier molecular flexibility index (Phi) is 2.71. The summed E-state index contributed by atoms with van der Waals surface area (Å²) in [6, 6.07) is 1.71. The summed E-state index contributed by atoms with van der Waals surface area (Å²) in [7, 11) is 0. The topological polar surface area (TPSA) is 35.0 Å². The van der Waals surface area contributed by atoms with Crippen molar-refractivity contribution < 1.29 is 4.74 Å². The Morgan fingerprint density at radius 2 is 2.21 bits per heavy atom. The van der Waals surface area contributed by atoms with Gasteiger partial charge in [0.25, 0.3) is 0 Å². The predicted molar refractivity (Wildman–Crippen MR) is 53.3 cm³/mol. The Hall–Kier alpha value is -1.90. The van der Waals surface area contributed by atoms with Crippen molar-refractivity contribution in [3.8, 4) is 5.88 Å². The van der Waals surface area contributed by atoms with E-state index in [9.17, 15) is 0 Å². The summed E-state index contributed by atoms with van der Waals surface area (Å²) < 4.78 is 5.32. The van der Waals surface area contributed by atoms with Gasteiger partial charge in [-0.2, -0.15) is 0 Å². The molecule has 69 valence electrons. The molecule has 0 saturated heterocycles. The average molecular weight is 185 g/mol. The van der Waals surface area contributed by atoms with Gasteiger partial charge in [0.15, 0.2) is 0 Å². The van der Waals surface area contributed by atoms with Gasteiger partial charge < -0.3 is 4.74 Å². The van der Waals surface area contributed by atoms with E-state index in [0.717, 1.165) is 5.57 Å². The van der Waals surface area contributed by atoms with E-state index in [2.05, 4.69) is 9.97 Å². The van der Waals surface area contributed by atoms with E-state index in [0.29, 0.717) is 5.88 Å². The molecular formula is C11H9N2O. The molecular weight excluding hydrogens is 176 g/mol. The van der Waals surface area contributed by atoms with E-state index in [1.165, 1.54) is 6.33 Å². The number of rotatable bonds is 2. The van der Waals surface area contributed by atoms with Crippen LogP contribution < -0.4 is 4.74 Å². The second-order valence-corrected chi connectivity index (χ2v) is 2.69. The fourth-order valence-corrected chi connectivity index (χ4v) is 1.01. The molecule has 0 spiro atoms. The smallest absolute Gasteiger partial charge is 0.221 e. The van der Waals surface area contributed by atoms with Gasteiger partial charge in [-0.3, -0.25) is 0 Å². The van der Waals surface area contributed by atoms with Crippen LogP contribution in [0.1, 0.15) is 0 Å². The largest absolute Gasteiger partial charge is 0.446 e. The maximum atomic E-state index is 5.32. The van der Waals surface area contributed by atoms with Gasteiger partial charge in [0.05, 0.1) is 6.26 Å². The Bertz CT molecular complexity index is 380. The summed E-state index contributed by atoms with van der Waals surface area (Å²) in [6.07, 6.45) is 14.5. The summed E-state index contributed by atoms with van der Waals surface area (Å²) in [5, 5.41) is 0. The summed E-state index contributed by atoms with van der Waals surface area (Å²) in [4.78, 5) is 7.72. The molecule has 1 aliphatic carbocycles. The van der Waals surface area contributed by atoms with E-state index in [1.54, 1.807) is 18.5 Å². The molecule has 3 nitrogen and oxygen atoms in total. The van der Waals surface area contributed by atoms with Crippen LogP contribution in [0.2, 0.25) is 0 Å². The Morgan fingerprint density at radius 3 is 2.93 bits per heavy atom. The van der Waals surface area contributed by atoms with E-state index < -0.39 is 0 Å². The first kappa shape index (κ1) is 8.69. The lowest BCUT2D eigenvalue weighted by Gasteiger charge is -2.02. The zero-order valence-electron chi connectivity index (χ0n) is 7.50. The molecule has 0 aromatic carbocycles. The van der Waals surface area contributed by atoms with E-state index >= 15 is 0 Å². The Balaban J connectivity index is 2.00. The maximum absolute atomic E-state index is 5.32. The minimum atomic E-state index is 0.545. The first-order valence-electron chi connectivity index (χ1n) is 4.26. The van der Waals surface area contributed by atoms with E-state index in [4.69, 9.17) is 4.74 Å². The van der Waals surface area contributed by atoms with Crippen LogP contribution in [-0.2, 0) is 0 Å². The van der Waals surface area contributed by atoms with Crippen LogP contribution in [-0.4, -0.2) is 9.97 Å². The number of hydrogen-bond donors (Lipinski definition) is 0. The zero-order chi connectivity index (χ0) is 9.64. The molecule has 0 fully saturated rings. The maximum Gasteiger partial charge on any atom is 0.221 e. The molecule has 0 saturated carbocycles. The standard InChI is InChI=1S/C11H9N2O/c1-2-4-10(5-3-1)8-14-11-6-7-12-9-13-11/h1-9H. The second-order valence-electron chi connectivity index (χ2n) is 2.69. The minimum absolute atomic E-state index is 0.545. The van der Waals surface area contributed by atoms with Gasteiger partial charge in [-0.05, 0) is 5.57 Å². The van der Waals surface area contributed by atoms with Crippen LogP contribution in [0, 0.1) is 6.42 Å². The first-order valence-corrected chi connectivity index (χ1v) is 4.26. The number of nitrogens with zero attached hydrogens (tertiary/aromatic N) is 2. The average Bonchev–Trinajstić information content (AvgIpc) is 2.29. The molecule has 2 rings (SSSR count). The quantitative estimate of drug-likeness (QED) is 0.661. The molecule has 14 heavy (non-hydrogen) atoms. The van der Waals surface area contributed by atoms with Crippen molar-refractivity contribution in [1.29, 1.82) is 0 Å². The van der Waals surface area contributed by atoms with Crippen molar-refractivity contribution in [1.82, 2.24) is 9.97 Å². The molecule has 1 aliphatic rings. The lowest BCUT2D eigenvalue weighted by molar-refractivity contribution is 0.457. The van der Waals surface area contributed by atoms with Crippen molar-refractivity contribution in [2.45, 2.75) is 0 Å². The van der Waals surface area contributed by atoms with Gasteiger partial charge in [-0.25, -0.2) is 9.97 Å². The number of ether oxygens (including phenoxy) is 1. The zero-order valence-corrected chi connectivity index (χ0v) is 7.50. The molecule has 0 bridgehead atoms. The minimum Gasteiger partial charge on any atom is -0.446 e. The van der Waals surface area contributed by atoms with Gasteiger partial charge >= 0.3 is 0 Å². The molecule has 1 heterocycles. The molecule has 1 aromatic heterocycles. The van der Waals surface area contributed by atoms with Gasteiger partial charge in [0.1, 0.15) is 6.33 Å². The molecule has 1 aromatic rings. The van der Waals surface area contributed by atoms with Crippen molar-refractivity contribution >= 4 is 0 Å². The first-order chi connectivity index (χ1) is 6.95.